The number of hydrogen-bond acceptors (Lipinski definition) is 4. The Balaban J connectivity index is 1.06. The molecular weight excluding hydrogens is 402 g/mol. The van der Waals surface area contributed by atoms with Crippen molar-refractivity contribution in [1.82, 2.24) is 9.80 Å². The van der Waals surface area contributed by atoms with Gasteiger partial charge in [-0.1, -0.05) is 30.3 Å². The highest BCUT2D eigenvalue weighted by molar-refractivity contribution is 5.99. The number of fused-ring (bicyclic) bond motifs is 1. The van der Waals surface area contributed by atoms with Crippen LogP contribution >= 0.6 is 0 Å². The maximum Gasteiger partial charge on any atom is 0.324 e. The van der Waals surface area contributed by atoms with E-state index in [9.17, 15) is 9.59 Å². The number of urea groups is 1. The lowest BCUT2D eigenvalue weighted by molar-refractivity contribution is 0.0694. The standard InChI is InChI=1S/C26H31N3O3/c30-24-18-22(32-25-9-5-4-8-23(24)25)19-27-13-10-20(11-14-27)12-15-28-16-17-29(26(28)31)21-6-2-1-3-7-21/h1-9,20,22H,10-19H2. The Bertz CT molecular complexity index is 956. The molecule has 0 aromatic heterocycles. The number of piperidine rings is 1. The highest BCUT2D eigenvalue weighted by Gasteiger charge is 2.31. The van der Waals surface area contributed by atoms with E-state index in [4.69, 9.17) is 4.74 Å². The van der Waals surface area contributed by atoms with E-state index in [-0.39, 0.29) is 17.9 Å². The van der Waals surface area contributed by atoms with Crippen LogP contribution in [-0.2, 0) is 0 Å². The van der Waals surface area contributed by atoms with Gasteiger partial charge in [0.2, 0.25) is 0 Å². The van der Waals surface area contributed by atoms with E-state index in [1.165, 1.54) is 0 Å². The molecule has 2 saturated heterocycles. The minimum atomic E-state index is -0.0554. The number of carbonyl (C=O) groups excluding carboxylic acids is 2. The summed E-state index contributed by atoms with van der Waals surface area (Å²) in [4.78, 5) is 31.5. The summed E-state index contributed by atoms with van der Waals surface area (Å²) in [6, 6.07) is 17.6. The summed E-state index contributed by atoms with van der Waals surface area (Å²) in [6.07, 6.45) is 3.75. The Labute approximate surface area is 189 Å². The van der Waals surface area contributed by atoms with Gasteiger partial charge in [0, 0.05) is 38.3 Å². The second-order valence-electron chi connectivity index (χ2n) is 9.15. The Hall–Kier alpha value is -2.86. The molecule has 0 radical (unpaired) electrons. The normalized spacial score (nSPS) is 22.2. The molecule has 2 fully saturated rings. The minimum absolute atomic E-state index is 0.0554. The third kappa shape index (κ3) is 4.51. The first kappa shape index (κ1) is 21.0. The SMILES string of the molecule is O=C1CC(CN2CCC(CCN3CCN(c4ccccc4)C3=O)CC2)Oc2ccccc21. The lowest BCUT2D eigenvalue weighted by Crippen LogP contribution is -2.43. The average Bonchev–Trinajstić information content (AvgIpc) is 3.19. The number of amides is 2. The number of Topliss-reactive ketones (excluding diaryl/α,β-unsaturated/α-hetero) is 1. The van der Waals surface area contributed by atoms with E-state index in [1.807, 2.05) is 64.4 Å². The van der Waals surface area contributed by atoms with Crippen molar-refractivity contribution in [3.05, 3.63) is 60.2 Å². The van der Waals surface area contributed by atoms with Crippen molar-refractivity contribution in [2.45, 2.75) is 31.8 Å². The number of likely N-dealkylation sites (tertiary alicyclic amines) is 1. The molecule has 168 valence electrons. The second kappa shape index (κ2) is 9.33. The minimum Gasteiger partial charge on any atom is -0.488 e. The van der Waals surface area contributed by atoms with Crippen LogP contribution in [0.1, 0.15) is 36.0 Å². The topological polar surface area (TPSA) is 53.1 Å². The van der Waals surface area contributed by atoms with Gasteiger partial charge in [0.15, 0.2) is 5.78 Å². The lowest BCUT2D eigenvalue weighted by atomic mass is 9.92. The van der Waals surface area contributed by atoms with Crippen LogP contribution in [0.15, 0.2) is 54.6 Å². The van der Waals surface area contributed by atoms with Crippen molar-refractivity contribution in [3.63, 3.8) is 0 Å². The fourth-order valence-corrected chi connectivity index (χ4v) is 5.16. The van der Waals surface area contributed by atoms with Crippen molar-refractivity contribution in [1.29, 1.82) is 0 Å². The molecule has 32 heavy (non-hydrogen) atoms. The van der Waals surface area contributed by atoms with Crippen molar-refractivity contribution >= 4 is 17.5 Å². The largest absolute Gasteiger partial charge is 0.488 e. The smallest absolute Gasteiger partial charge is 0.324 e. The predicted molar refractivity (Wildman–Crippen MR) is 124 cm³/mol. The zero-order valence-corrected chi connectivity index (χ0v) is 18.5. The van der Waals surface area contributed by atoms with Crippen LogP contribution in [0.2, 0.25) is 0 Å². The summed E-state index contributed by atoms with van der Waals surface area (Å²) in [7, 11) is 0. The third-order valence-corrected chi connectivity index (χ3v) is 7.03. The summed E-state index contributed by atoms with van der Waals surface area (Å²) in [5, 5.41) is 0. The van der Waals surface area contributed by atoms with Crippen molar-refractivity contribution in [3.8, 4) is 5.75 Å². The molecule has 3 aliphatic rings. The number of ether oxygens (including phenoxy) is 1. The van der Waals surface area contributed by atoms with E-state index >= 15 is 0 Å². The third-order valence-electron chi connectivity index (χ3n) is 7.03. The van der Waals surface area contributed by atoms with Crippen molar-refractivity contribution in [2.24, 2.45) is 5.92 Å². The van der Waals surface area contributed by atoms with Crippen LogP contribution in [0.5, 0.6) is 5.75 Å². The number of carbonyl (C=O) groups is 2. The lowest BCUT2D eigenvalue weighted by Gasteiger charge is -2.35. The first-order chi connectivity index (χ1) is 15.7. The van der Waals surface area contributed by atoms with Gasteiger partial charge in [0.25, 0.3) is 0 Å². The molecule has 0 N–H and O–H groups in total. The summed E-state index contributed by atoms with van der Waals surface area (Å²) in [6.45, 7) is 5.29. The van der Waals surface area contributed by atoms with Crippen LogP contribution in [0.4, 0.5) is 10.5 Å². The molecule has 2 aromatic carbocycles. The molecule has 6 heteroatoms. The molecule has 1 unspecified atom stereocenters. The fraction of sp³-hybridized carbons (Fsp3) is 0.462. The number of nitrogens with zero attached hydrogens (tertiary/aromatic N) is 3. The first-order valence-corrected chi connectivity index (χ1v) is 11.8. The zero-order valence-electron chi connectivity index (χ0n) is 18.5. The molecular formula is C26H31N3O3. The second-order valence-corrected chi connectivity index (χ2v) is 9.15. The maximum absolute atomic E-state index is 12.8. The molecule has 0 bridgehead atoms. The number of para-hydroxylation sites is 2. The molecule has 1 atom stereocenters. The Kier molecular flexibility index (Phi) is 6.12. The van der Waals surface area contributed by atoms with E-state index < -0.39 is 0 Å². The average molecular weight is 434 g/mol. The number of rotatable bonds is 6. The Morgan fingerprint density at radius 3 is 2.44 bits per heavy atom. The molecule has 0 saturated carbocycles. The highest BCUT2D eigenvalue weighted by Crippen LogP contribution is 2.29. The molecule has 0 aliphatic carbocycles. The molecule has 3 aliphatic heterocycles. The predicted octanol–water partition coefficient (Wildman–Crippen LogP) is 4.06. The van der Waals surface area contributed by atoms with Crippen LogP contribution in [0.3, 0.4) is 0 Å². The molecule has 6 nitrogen and oxygen atoms in total. The highest BCUT2D eigenvalue weighted by atomic mass is 16.5. The Morgan fingerprint density at radius 1 is 0.875 bits per heavy atom. The van der Waals surface area contributed by atoms with E-state index in [1.54, 1.807) is 0 Å². The summed E-state index contributed by atoms with van der Waals surface area (Å²) in [5.41, 5.74) is 1.70. The number of hydrogen-bond donors (Lipinski definition) is 0. The molecule has 0 spiro atoms. The first-order valence-electron chi connectivity index (χ1n) is 11.8. The van der Waals surface area contributed by atoms with Crippen LogP contribution in [0.25, 0.3) is 0 Å². The molecule has 2 aromatic rings. The van der Waals surface area contributed by atoms with Crippen LogP contribution in [-0.4, -0.2) is 67.0 Å². The monoisotopic (exact) mass is 433 g/mol. The van der Waals surface area contributed by atoms with Crippen LogP contribution in [0, 0.1) is 5.92 Å². The van der Waals surface area contributed by atoms with Crippen LogP contribution < -0.4 is 9.64 Å². The van der Waals surface area contributed by atoms with Crippen molar-refractivity contribution < 1.29 is 14.3 Å². The van der Waals surface area contributed by atoms with Gasteiger partial charge in [-0.2, -0.15) is 0 Å². The van der Waals surface area contributed by atoms with Gasteiger partial charge in [0.05, 0.1) is 5.56 Å². The molecule has 5 rings (SSSR count). The van der Waals surface area contributed by atoms with Gasteiger partial charge in [0.1, 0.15) is 11.9 Å². The maximum atomic E-state index is 12.8. The van der Waals surface area contributed by atoms with Gasteiger partial charge in [-0.3, -0.25) is 14.6 Å². The Morgan fingerprint density at radius 2 is 1.62 bits per heavy atom. The molecule has 2 amide bonds. The van der Waals surface area contributed by atoms with E-state index in [0.29, 0.717) is 17.9 Å². The number of anilines is 1. The van der Waals surface area contributed by atoms with Gasteiger partial charge in [-0.25, -0.2) is 4.79 Å². The summed E-state index contributed by atoms with van der Waals surface area (Å²) in [5.74, 6) is 1.56. The number of ketones is 1. The quantitative estimate of drug-likeness (QED) is 0.689. The van der Waals surface area contributed by atoms with Gasteiger partial charge >= 0.3 is 6.03 Å². The summed E-state index contributed by atoms with van der Waals surface area (Å²) >= 11 is 0. The van der Waals surface area contributed by atoms with E-state index in [0.717, 1.165) is 70.0 Å². The van der Waals surface area contributed by atoms with Gasteiger partial charge in [-0.05, 0) is 62.5 Å². The van der Waals surface area contributed by atoms with E-state index in [2.05, 4.69) is 4.90 Å². The number of benzene rings is 2. The van der Waals surface area contributed by atoms with Gasteiger partial charge < -0.3 is 9.64 Å². The summed E-state index contributed by atoms with van der Waals surface area (Å²) < 4.78 is 6.09. The van der Waals surface area contributed by atoms with Gasteiger partial charge in [-0.15, -0.1) is 0 Å². The fourth-order valence-electron chi connectivity index (χ4n) is 5.16. The molecule has 3 heterocycles. The van der Waals surface area contributed by atoms with Crippen molar-refractivity contribution in [2.75, 3.05) is 44.2 Å². The zero-order chi connectivity index (χ0) is 21.9.